The van der Waals surface area contributed by atoms with Gasteiger partial charge >= 0.3 is 5.97 Å². The number of rotatable bonds is 41. The molecule has 0 aliphatic rings. The van der Waals surface area contributed by atoms with Crippen molar-refractivity contribution in [3.8, 4) is 0 Å². The zero-order chi connectivity index (χ0) is 38.2. The van der Waals surface area contributed by atoms with E-state index in [2.05, 4.69) is 38.2 Å². The molecule has 6 heteroatoms. The molecule has 52 heavy (non-hydrogen) atoms. The normalized spacial score (nSPS) is 13.4. The molecule has 0 saturated heterocycles. The lowest BCUT2D eigenvalue weighted by molar-refractivity contribution is -0.151. The molecular weight excluding hydrogens is 647 g/mol. The number of allylic oxidation sites excluding steroid dienone is 2. The van der Waals surface area contributed by atoms with Crippen LogP contribution in [0.25, 0.3) is 0 Å². The van der Waals surface area contributed by atoms with Gasteiger partial charge in [-0.05, 0) is 51.4 Å². The molecule has 0 aromatic carbocycles. The van der Waals surface area contributed by atoms with Crippen LogP contribution >= 0.6 is 0 Å². The molecule has 6 nitrogen and oxygen atoms in total. The third kappa shape index (κ3) is 35.6. The first-order valence-corrected chi connectivity index (χ1v) is 22.9. The molecule has 0 aromatic rings. The zero-order valence-electron chi connectivity index (χ0n) is 35.0. The first-order valence-electron chi connectivity index (χ1n) is 22.9. The van der Waals surface area contributed by atoms with E-state index < -0.39 is 18.2 Å². The first kappa shape index (κ1) is 50.6. The average molecular weight is 736 g/mol. The maximum Gasteiger partial charge on any atom is 0.306 e. The number of unbranched alkanes of at least 4 members (excludes halogenated alkanes) is 27. The fraction of sp³-hybridized carbons (Fsp3) is 0.913. The Morgan fingerprint density at radius 2 is 0.923 bits per heavy atom. The van der Waals surface area contributed by atoms with Gasteiger partial charge in [0.2, 0.25) is 5.91 Å². The highest BCUT2D eigenvalue weighted by atomic mass is 16.5. The van der Waals surface area contributed by atoms with Crippen LogP contribution in [-0.4, -0.2) is 46.9 Å². The van der Waals surface area contributed by atoms with Gasteiger partial charge in [-0.25, -0.2) is 0 Å². The van der Waals surface area contributed by atoms with Crippen molar-refractivity contribution < 1.29 is 24.5 Å². The van der Waals surface area contributed by atoms with Gasteiger partial charge in [0.1, 0.15) is 6.10 Å². The lowest BCUT2D eigenvalue weighted by Crippen LogP contribution is -2.46. The molecule has 0 aliphatic carbocycles. The van der Waals surface area contributed by atoms with Gasteiger partial charge in [0.05, 0.1) is 25.2 Å². The maximum absolute atomic E-state index is 13.1. The number of aliphatic hydroxyl groups excluding tert-OH is 2. The summed E-state index contributed by atoms with van der Waals surface area (Å²) in [5.74, 6) is -0.486. The summed E-state index contributed by atoms with van der Waals surface area (Å²) in [4.78, 5) is 25.9. The third-order valence-corrected chi connectivity index (χ3v) is 10.6. The van der Waals surface area contributed by atoms with E-state index in [1.807, 2.05) is 0 Å². The van der Waals surface area contributed by atoms with Crippen molar-refractivity contribution in [2.45, 2.75) is 264 Å². The smallest absolute Gasteiger partial charge is 0.306 e. The number of hydrogen-bond donors (Lipinski definition) is 3. The van der Waals surface area contributed by atoms with Gasteiger partial charge in [-0.1, -0.05) is 193 Å². The van der Waals surface area contributed by atoms with Crippen molar-refractivity contribution in [2.75, 3.05) is 6.61 Å². The van der Waals surface area contributed by atoms with Gasteiger partial charge in [0.15, 0.2) is 0 Å². The zero-order valence-corrected chi connectivity index (χ0v) is 35.0. The van der Waals surface area contributed by atoms with Crippen molar-refractivity contribution in [3.05, 3.63) is 12.2 Å². The van der Waals surface area contributed by atoms with E-state index in [-0.39, 0.29) is 24.9 Å². The average Bonchev–Trinajstić information content (AvgIpc) is 3.13. The third-order valence-electron chi connectivity index (χ3n) is 10.6. The minimum absolute atomic E-state index is 0.0768. The van der Waals surface area contributed by atoms with E-state index in [4.69, 9.17) is 4.74 Å². The summed E-state index contributed by atoms with van der Waals surface area (Å²) in [7, 11) is 0. The fourth-order valence-corrected chi connectivity index (χ4v) is 7.07. The SMILES string of the molecule is CCCCCCCCC/C=C\CCCCCC(=O)OC(CCCCCCCCCC)CC(=O)NC(CO)C(O)CCCCCCCCCCCCC. The summed E-state index contributed by atoms with van der Waals surface area (Å²) in [6.07, 6.45) is 42.7. The minimum atomic E-state index is -0.781. The van der Waals surface area contributed by atoms with Crippen LogP contribution < -0.4 is 5.32 Å². The van der Waals surface area contributed by atoms with E-state index in [1.165, 1.54) is 148 Å². The number of amides is 1. The number of esters is 1. The molecule has 308 valence electrons. The van der Waals surface area contributed by atoms with E-state index in [9.17, 15) is 19.8 Å². The number of carbonyl (C=O) groups excluding carboxylic acids is 2. The Hall–Kier alpha value is -1.40. The van der Waals surface area contributed by atoms with Crippen LogP contribution in [0.2, 0.25) is 0 Å². The molecule has 0 rings (SSSR count). The predicted octanol–water partition coefficient (Wildman–Crippen LogP) is 13.0. The number of aliphatic hydroxyl groups is 2. The van der Waals surface area contributed by atoms with Crippen molar-refractivity contribution in [2.24, 2.45) is 0 Å². The number of nitrogens with one attached hydrogen (secondary N) is 1. The molecule has 0 bridgehead atoms. The summed E-state index contributed by atoms with van der Waals surface area (Å²) >= 11 is 0. The van der Waals surface area contributed by atoms with Gasteiger partial charge < -0.3 is 20.3 Å². The second-order valence-corrected chi connectivity index (χ2v) is 15.8. The summed E-state index contributed by atoms with van der Waals surface area (Å²) in [5.41, 5.74) is 0. The van der Waals surface area contributed by atoms with E-state index in [0.29, 0.717) is 19.3 Å². The van der Waals surface area contributed by atoms with Crippen LogP contribution in [0.3, 0.4) is 0 Å². The van der Waals surface area contributed by atoms with Crippen molar-refractivity contribution in [3.63, 3.8) is 0 Å². The van der Waals surface area contributed by atoms with Crippen LogP contribution in [0.1, 0.15) is 245 Å². The molecule has 3 N–H and O–H groups in total. The van der Waals surface area contributed by atoms with Crippen molar-refractivity contribution >= 4 is 11.9 Å². The van der Waals surface area contributed by atoms with Crippen LogP contribution in [0.5, 0.6) is 0 Å². The lowest BCUT2D eigenvalue weighted by Gasteiger charge is -2.24. The Kier molecular flexibility index (Phi) is 39.7. The molecule has 0 aromatic heterocycles. The molecule has 0 radical (unpaired) electrons. The summed E-state index contributed by atoms with van der Waals surface area (Å²) < 4.78 is 5.88. The highest BCUT2D eigenvalue weighted by molar-refractivity contribution is 5.77. The van der Waals surface area contributed by atoms with Crippen LogP contribution in [-0.2, 0) is 14.3 Å². The summed E-state index contributed by atoms with van der Waals surface area (Å²) in [6.45, 7) is 6.44. The summed E-state index contributed by atoms with van der Waals surface area (Å²) in [5, 5.41) is 23.6. The van der Waals surface area contributed by atoms with Gasteiger partial charge in [-0.2, -0.15) is 0 Å². The molecule has 0 fully saturated rings. The van der Waals surface area contributed by atoms with Gasteiger partial charge in [-0.3, -0.25) is 9.59 Å². The maximum atomic E-state index is 13.1. The monoisotopic (exact) mass is 736 g/mol. The quantitative estimate of drug-likeness (QED) is 0.0330. The molecule has 0 saturated carbocycles. The number of carbonyl (C=O) groups is 2. The van der Waals surface area contributed by atoms with E-state index >= 15 is 0 Å². The Morgan fingerprint density at radius 1 is 0.538 bits per heavy atom. The second-order valence-electron chi connectivity index (χ2n) is 15.8. The summed E-state index contributed by atoms with van der Waals surface area (Å²) in [6, 6.07) is -0.695. The highest BCUT2D eigenvalue weighted by Gasteiger charge is 2.24. The molecule has 1 amide bonds. The molecule has 3 atom stereocenters. The van der Waals surface area contributed by atoms with Crippen LogP contribution in [0.4, 0.5) is 0 Å². The Labute approximate surface area is 323 Å². The predicted molar refractivity (Wildman–Crippen MR) is 223 cm³/mol. The highest BCUT2D eigenvalue weighted by Crippen LogP contribution is 2.17. The van der Waals surface area contributed by atoms with Crippen molar-refractivity contribution in [1.82, 2.24) is 5.32 Å². The topological polar surface area (TPSA) is 95.9 Å². The van der Waals surface area contributed by atoms with Gasteiger partial charge in [0.25, 0.3) is 0 Å². The van der Waals surface area contributed by atoms with E-state index in [1.54, 1.807) is 0 Å². The van der Waals surface area contributed by atoms with Gasteiger partial charge in [-0.15, -0.1) is 0 Å². The van der Waals surface area contributed by atoms with Crippen molar-refractivity contribution in [1.29, 1.82) is 0 Å². The van der Waals surface area contributed by atoms with Gasteiger partial charge in [0, 0.05) is 6.42 Å². The Bertz CT molecular complexity index is 787. The minimum Gasteiger partial charge on any atom is -0.462 e. The molecule has 0 aliphatic heterocycles. The van der Waals surface area contributed by atoms with Crippen LogP contribution in [0.15, 0.2) is 12.2 Å². The number of ether oxygens (including phenoxy) is 1. The standard InChI is InChI=1S/C46H89NO5/c1-4-7-10-13-16-19-21-22-23-25-27-30-33-36-39-46(51)52-42(37-34-31-28-18-15-12-9-6-3)40-45(50)47-43(41-48)44(49)38-35-32-29-26-24-20-17-14-11-8-5-2/h23,25,42-44,48-49H,4-22,24,26-41H2,1-3H3,(H,47,50)/b25-23-. The fourth-order valence-electron chi connectivity index (χ4n) is 7.07. The Morgan fingerprint density at radius 3 is 1.37 bits per heavy atom. The molecule has 0 spiro atoms. The molecule has 3 unspecified atom stereocenters. The lowest BCUT2D eigenvalue weighted by atomic mass is 10.0. The number of hydrogen-bond acceptors (Lipinski definition) is 5. The molecule has 0 heterocycles. The van der Waals surface area contributed by atoms with Crippen LogP contribution in [0, 0.1) is 0 Å². The van der Waals surface area contributed by atoms with E-state index in [0.717, 1.165) is 51.4 Å². The Balaban J connectivity index is 4.49. The largest absolute Gasteiger partial charge is 0.462 e. The first-order chi connectivity index (χ1) is 25.5. The molecular formula is C46H89NO5. The second kappa shape index (κ2) is 40.8.